The second-order valence-corrected chi connectivity index (χ2v) is 4.34. The summed E-state index contributed by atoms with van der Waals surface area (Å²) in [4.78, 5) is 41.1. The molecule has 0 spiro atoms. The van der Waals surface area contributed by atoms with Gasteiger partial charge in [0.05, 0.1) is 23.1 Å². The number of benzene rings is 2. The third kappa shape index (κ3) is 6.85. The van der Waals surface area contributed by atoms with Crippen LogP contribution in [0, 0.1) is 0 Å². The van der Waals surface area contributed by atoms with E-state index in [1.54, 1.807) is 0 Å². The molecule has 0 heterocycles. The Morgan fingerprint density at radius 3 is 0.920 bits per heavy atom. The van der Waals surface area contributed by atoms with E-state index in [9.17, 15) is 29.4 Å². The SMILES string of the molecule is O=C(O)c1ccc(C(=O)O)cc1.O=C([O-])c1ccc(C(=O)[O-])cc1.[Co+2]. The molecule has 0 saturated carbocycles. The summed E-state index contributed by atoms with van der Waals surface area (Å²) in [6.07, 6.45) is 0. The molecule has 0 amide bonds. The minimum Gasteiger partial charge on any atom is -0.545 e. The van der Waals surface area contributed by atoms with E-state index in [0.717, 1.165) is 24.3 Å². The van der Waals surface area contributed by atoms with Crippen molar-refractivity contribution in [2.75, 3.05) is 0 Å². The largest absolute Gasteiger partial charge is 2.00 e. The van der Waals surface area contributed by atoms with E-state index in [1.165, 1.54) is 24.3 Å². The maximum atomic E-state index is 10.3. The Bertz CT molecular complexity index is 632. The van der Waals surface area contributed by atoms with Crippen molar-refractivity contribution in [1.29, 1.82) is 0 Å². The summed E-state index contributed by atoms with van der Waals surface area (Å²) in [5.74, 6) is -4.79. The minimum absolute atomic E-state index is 0. The van der Waals surface area contributed by atoms with Crippen LogP contribution in [0.15, 0.2) is 48.5 Å². The molecule has 0 aromatic heterocycles. The van der Waals surface area contributed by atoms with E-state index < -0.39 is 23.9 Å². The van der Waals surface area contributed by atoms with Gasteiger partial charge in [-0.1, -0.05) is 24.3 Å². The van der Waals surface area contributed by atoms with Crippen molar-refractivity contribution >= 4 is 23.9 Å². The zero-order chi connectivity index (χ0) is 18.3. The number of aromatic carboxylic acids is 4. The molecule has 25 heavy (non-hydrogen) atoms. The number of rotatable bonds is 4. The quantitative estimate of drug-likeness (QED) is 0.709. The predicted octanol–water partition coefficient (Wildman–Crippen LogP) is -0.506. The molecule has 0 aliphatic heterocycles. The van der Waals surface area contributed by atoms with E-state index in [-0.39, 0.29) is 39.0 Å². The molecule has 0 aliphatic carbocycles. The Hall–Kier alpha value is -3.17. The Labute approximate surface area is 151 Å². The molecular weight excluding hydrogens is 379 g/mol. The van der Waals surface area contributed by atoms with Crippen LogP contribution in [0.4, 0.5) is 0 Å². The van der Waals surface area contributed by atoms with Crippen LogP contribution in [0.2, 0.25) is 0 Å². The van der Waals surface area contributed by atoms with Crippen molar-refractivity contribution in [2.24, 2.45) is 0 Å². The van der Waals surface area contributed by atoms with Gasteiger partial charge in [-0.25, -0.2) is 9.59 Å². The summed E-state index contributed by atoms with van der Waals surface area (Å²) < 4.78 is 0. The topological polar surface area (TPSA) is 155 Å². The van der Waals surface area contributed by atoms with Gasteiger partial charge in [-0.2, -0.15) is 0 Å². The van der Waals surface area contributed by atoms with Gasteiger partial charge in [-0.3, -0.25) is 0 Å². The summed E-state index contributed by atoms with van der Waals surface area (Å²) in [7, 11) is 0. The molecule has 0 saturated heterocycles. The van der Waals surface area contributed by atoms with Crippen molar-refractivity contribution in [3.8, 4) is 0 Å². The van der Waals surface area contributed by atoms with Crippen LogP contribution in [0.3, 0.4) is 0 Å². The number of hydrogen-bond acceptors (Lipinski definition) is 6. The number of carboxylic acids is 4. The second kappa shape index (κ2) is 9.85. The standard InChI is InChI=1S/2C8H6O4.Co/c2*9-7(10)5-1-2-6(4-3-5)8(11)12;/h2*1-4H,(H,9,10)(H,11,12);/q;;+2/p-2. The molecule has 2 aromatic carbocycles. The molecule has 8 nitrogen and oxygen atoms in total. The van der Waals surface area contributed by atoms with Crippen molar-refractivity contribution in [1.82, 2.24) is 0 Å². The van der Waals surface area contributed by atoms with Crippen LogP contribution in [0.1, 0.15) is 41.4 Å². The molecule has 0 aliphatic rings. The molecule has 2 N–H and O–H groups in total. The fourth-order valence-electron chi connectivity index (χ4n) is 1.50. The second-order valence-electron chi connectivity index (χ2n) is 4.34. The van der Waals surface area contributed by atoms with Crippen LogP contribution in [-0.4, -0.2) is 34.1 Å². The molecule has 2 rings (SSSR count). The van der Waals surface area contributed by atoms with Crippen LogP contribution in [0.5, 0.6) is 0 Å². The molecule has 9 heteroatoms. The number of carbonyl (C=O) groups excluding carboxylic acids is 2. The summed E-state index contributed by atoms with van der Waals surface area (Å²) in [5, 5.41) is 37.3. The molecule has 0 atom stereocenters. The van der Waals surface area contributed by atoms with Crippen LogP contribution >= 0.6 is 0 Å². The van der Waals surface area contributed by atoms with Crippen LogP contribution < -0.4 is 10.2 Å². The van der Waals surface area contributed by atoms with Gasteiger partial charge < -0.3 is 30.0 Å². The van der Waals surface area contributed by atoms with E-state index >= 15 is 0 Å². The Kier molecular flexibility index (Phi) is 8.60. The molecule has 0 unspecified atom stereocenters. The number of carboxylic acid groups (broad SMARTS) is 4. The van der Waals surface area contributed by atoms with Gasteiger partial charge in [0.15, 0.2) is 0 Å². The van der Waals surface area contributed by atoms with Gasteiger partial charge in [0.1, 0.15) is 0 Å². The smallest absolute Gasteiger partial charge is 0.545 e. The van der Waals surface area contributed by atoms with Gasteiger partial charge in [-0.15, -0.1) is 0 Å². The van der Waals surface area contributed by atoms with E-state index in [1.807, 2.05) is 0 Å². The molecular formula is C16H10CoO8. The fraction of sp³-hybridized carbons (Fsp3) is 0. The minimum atomic E-state index is -1.33. The first-order valence-electron chi connectivity index (χ1n) is 6.31. The summed E-state index contributed by atoms with van der Waals surface area (Å²) in [5.41, 5.74) is 0.0556. The average Bonchev–Trinajstić information content (AvgIpc) is 2.55. The Morgan fingerprint density at radius 2 is 0.760 bits per heavy atom. The fourth-order valence-corrected chi connectivity index (χ4v) is 1.50. The third-order valence-electron chi connectivity index (χ3n) is 2.74. The Morgan fingerprint density at radius 1 is 0.560 bits per heavy atom. The van der Waals surface area contributed by atoms with Gasteiger partial charge >= 0.3 is 28.7 Å². The number of hydrogen-bond donors (Lipinski definition) is 2. The average molecular weight is 389 g/mol. The van der Waals surface area contributed by atoms with E-state index in [2.05, 4.69) is 0 Å². The molecule has 131 valence electrons. The maximum Gasteiger partial charge on any atom is 2.00 e. The van der Waals surface area contributed by atoms with Gasteiger partial charge in [0.25, 0.3) is 0 Å². The monoisotopic (exact) mass is 389 g/mol. The Balaban J connectivity index is 0.000000443. The first-order chi connectivity index (χ1) is 11.2. The molecule has 2 aromatic rings. The maximum absolute atomic E-state index is 10.3. The third-order valence-corrected chi connectivity index (χ3v) is 2.74. The summed E-state index contributed by atoms with van der Waals surface area (Å²) in [6.45, 7) is 0. The van der Waals surface area contributed by atoms with Gasteiger partial charge in [0, 0.05) is 0 Å². The van der Waals surface area contributed by atoms with E-state index in [4.69, 9.17) is 10.2 Å². The van der Waals surface area contributed by atoms with Crippen molar-refractivity contribution in [2.45, 2.75) is 0 Å². The van der Waals surface area contributed by atoms with Crippen molar-refractivity contribution in [3.63, 3.8) is 0 Å². The zero-order valence-corrected chi connectivity index (χ0v) is 13.3. The van der Waals surface area contributed by atoms with E-state index in [0.29, 0.717) is 0 Å². The summed E-state index contributed by atoms with van der Waals surface area (Å²) >= 11 is 0. The molecule has 0 fully saturated rings. The van der Waals surface area contributed by atoms with Crippen LogP contribution in [0.25, 0.3) is 0 Å². The van der Waals surface area contributed by atoms with Gasteiger partial charge in [0.2, 0.25) is 0 Å². The van der Waals surface area contributed by atoms with Crippen LogP contribution in [-0.2, 0) is 16.8 Å². The molecule has 0 bridgehead atoms. The number of carbonyl (C=O) groups is 4. The zero-order valence-electron chi connectivity index (χ0n) is 12.3. The van der Waals surface area contributed by atoms with Crippen molar-refractivity contribution < 1.29 is 56.4 Å². The first kappa shape index (κ1) is 21.8. The normalized spacial score (nSPS) is 8.96. The first-order valence-corrected chi connectivity index (χ1v) is 6.31. The van der Waals surface area contributed by atoms with Gasteiger partial charge in [-0.05, 0) is 35.4 Å². The summed E-state index contributed by atoms with van der Waals surface area (Å²) in [6, 6.07) is 9.64. The molecule has 1 radical (unpaired) electrons. The van der Waals surface area contributed by atoms with Crippen molar-refractivity contribution in [3.05, 3.63) is 70.8 Å². The predicted molar refractivity (Wildman–Crippen MR) is 75.5 cm³/mol.